The molecule has 1 saturated heterocycles. The molecule has 4 aliphatic rings. The van der Waals surface area contributed by atoms with Crippen LogP contribution in [0.15, 0.2) is 29.2 Å². The van der Waals surface area contributed by atoms with Crippen LogP contribution in [-0.4, -0.2) is 56.8 Å². The molecule has 9 heteroatoms. The van der Waals surface area contributed by atoms with Gasteiger partial charge in [-0.1, -0.05) is 45.4 Å². The second-order valence-corrected chi connectivity index (χ2v) is 14.3. The van der Waals surface area contributed by atoms with Crippen LogP contribution in [0.3, 0.4) is 0 Å². The van der Waals surface area contributed by atoms with Gasteiger partial charge in [-0.25, -0.2) is 4.79 Å². The van der Waals surface area contributed by atoms with Crippen LogP contribution in [0, 0.1) is 40.9 Å². The van der Waals surface area contributed by atoms with E-state index in [1.165, 1.54) is 12.1 Å². The maximum absolute atomic E-state index is 13.5. The highest BCUT2D eigenvalue weighted by Gasteiger charge is 2.70. The van der Waals surface area contributed by atoms with Crippen LogP contribution >= 0.6 is 0 Å². The summed E-state index contributed by atoms with van der Waals surface area (Å²) in [6.07, 6.45) is 1.60. The normalized spacial score (nSPS) is 42.6. The fourth-order valence-electron chi connectivity index (χ4n) is 8.14. The number of carbonyl (C=O) groups excluding carboxylic acids is 2. The van der Waals surface area contributed by atoms with Crippen LogP contribution < -0.4 is 0 Å². The molecule has 4 fully saturated rings. The number of epoxide rings is 1. The van der Waals surface area contributed by atoms with Crippen molar-refractivity contribution in [3.63, 3.8) is 0 Å². The molecule has 0 aromatic heterocycles. The van der Waals surface area contributed by atoms with Gasteiger partial charge in [0.2, 0.25) is 0 Å². The SMILES string of the molecule is Cc1ccc(S(=O)(=O)OCC(=O)O[C@@H]2C[C@](C)(C3CO3)[C@@H](O)[C@H](C)[C@]34CCC(=O)[C@H]3[C@@]2(C)[C@H](C)CC4)cc1. The van der Waals surface area contributed by atoms with Crippen molar-refractivity contribution >= 4 is 21.9 Å². The summed E-state index contributed by atoms with van der Waals surface area (Å²) in [6.45, 7) is 9.84. The highest BCUT2D eigenvalue weighted by molar-refractivity contribution is 7.86. The third kappa shape index (κ3) is 4.25. The molecule has 0 spiro atoms. The molecular formula is C29H40O8S. The summed E-state index contributed by atoms with van der Waals surface area (Å²) in [7, 11) is -4.15. The smallest absolute Gasteiger partial charge is 0.333 e. The van der Waals surface area contributed by atoms with E-state index >= 15 is 0 Å². The molecule has 3 aliphatic carbocycles. The molecule has 1 unspecified atom stereocenters. The Hall–Kier alpha value is -1.81. The first-order valence-electron chi connectivity index (χ1n) is 13.7. The lowest BCUT2D eigenvalue weighted by molar-refractivity contribution is -0.214. The average molecular weight is 549 g/mol. The molecule has 5 rings (SSSR count). The van der Waals surface area contributed by atoms with E-state index in [0.29, 0.717) is 19.4 Å². The van der Waals surface area contributed by atoms with Crippen LogP contribution in [-0.2, 0) is 33.4 Å². The van der Waals surface area contributed by atoms with E-state index in [2.05, 4.69) is 20.8 Å². The van der Waals surface area contributed by atoms with E-state index in [1.54, 1.807) is 12.1 Å². The van der Waals surface area contributed by atoms with Crippen molar-refractivity contribution in [1.29, 1.82) is 0 Å². The van der Waals surface area contributed by atoms with E-state index in [-0.39, 0.29) is 40.0 Å². The van der Waals surface area contributed by atoms with Crippen molar-refractivity contribution in [3.05, 3.63) is 29.8 Å². The van der Waals surface area contributed by atoms with Gasteiger partial charge >= 0.3 is 5.97 Å². The predicted octanol–water partition coefficient (Wildman–Crippen LogP) is 3.82. The maximum Gasteiger partial charge on any atom is 0.333 e. The van der Waals surface area contributed by atoms with Gasteiger partial charge in [-0.2, -0.15) is 8.42 Å². The van der Waals surface area contributed by atoms with Crippen LogP contribution in [0.4, 0.5) is 0 Å². The average Bonchev–Trinajstić information content (AvgIpc) is 3.67. The van der Waals surface area contributed by atoms with Gasteiger partial charge in [-0.05, 0) is 62.0 Å². The van der Waals surface area contributed by atoms with Crippen LogP contribution in [0.5, 0.6) is 0 Å². The summed E-state index contributed by atoms with van der Waals surface area (Å²) < 4.78 is 42.3. The number of Topliss-reactive ketones (excluding diaryl/α,β-unsaturated/α-hetero) is 1. The predicted molar refractivity (Wildman–Crippen MR) is 139 cm³/mol. The van der Waals surface area contributed by atoms with Gasteiger partial charge in [0.25, 0.3) is 10.1 Å². The molecule has 1 heterocycles. The topological polar surface area (TPSA) is 120 Å². The highest BCUT2D eigenvalue weighted by Crippen LogP contribution is 2.68. The van der Waals surface area contributed by atoms with Crippen LogP contribution in [0.1, 0.15) is 65.4 Å². The quantitative estimate of drug-likeness (QED) is 0.324. The molecule has 2 bridgehead atoms. The molecule has 8 nitrogen and oxygen atoms in total. The standard InChI is InChI=1S/C29H40O8S/c1-17-6-8-20(9-7-17)38(33,34)36-16-24(31)37-22-14-27(4,23-15-35-23)26(32)19(3)29-12-10-18(2)28(22,5)25(29)21(30)11-13-29/h6-9,18-19,22-23,25-26,32H,10-16H2,1-5H3/t18-,19+,22-,23?,25+,26+,27-,28+,29+/m1/s1. The summed E-state index contributed by atoms with van der Waals surface area (Å²) in [6, 6.07) is 6.19. The minimum atomic E-state index is -4.15. The van der Waals surface area contributed by atoms with Crippen molar-refractivity contribution in [1.82, 2.24) is 0 Å². The minimum absolute atomic E-state index is 0.0355. The Morgan fingerprint density at radius 3 is 2.45 bits per heavy atom. The van der Waals surface area contributed by atoms with Gasteiger partial charge < -0.3 is 14.6 Å². The second kappa shape index (κ2) is 9.39. The third-order valence-corrected chi connectivity index (χ3v) is 12.1. The summed E-state index contributed by atoms with van der Waals surface area (Å²) in [5.41, 5.74) is -0.813. The number of carbonyl (C=O) groups is 2. The minimum Gasteiger partial charge on any atom is -0.460 e. The molecule has 3 saturated carbocycles. The third-order valence-electron chi connectivity index (χ3n) is 10.8. The zero-order chi connectivity index (χ0) is 27.7. The molecule has 1 aromatic rings. The number of esters is 1. The lowest BCUT2D eigenvalue weighted by atomic mass is 9.43. The van der Waals surface area contributed by atoms with E-state index in [9.17, 15) is 23.1 Å². The highest BCUT2D eigenvalue weighted by atomic mass is 32.2. The molecule has 1 N–H and O–H groups in total. The summed E-state index contributed by atoms with van der Waals surface area (Å²) >= 11 is 0. The second-order valence-electron chi connectivity index (χ2n) is 12.7. The van der Waals surface area contributed by atoms with Crippen LogP contribution in [0.2, 0.25) is 0 Å². The number of rotatable bonds is 6. The van der Waals surface area contributed by atoms with Gasteiger partial charge in [0.05, 0.1) is 23.7 Å². The number of hydrogen-bond donors (Lipinski definition) is 1. The molecule has 1 aromatic carbocycles. The Bertz CT molecular complexity index is 1210. The van der Waals surface area contributed by atoms with Gasteiger partial charge in [-0.3, -0.25) is 8.98 Å². The van der Waals surface area contributed by atoms with Gasteiger partial charge in [-0.15, -0.1) is 0 Å². The van der Waals surface area contributed by atoms with Crippen molar-refractivity contribution in [2.45, 2.75) is 89.9 Å². The summed E-state index contributed by atoms with van der Waals surface area (Å²) in [5, 5.41) is 11.8. The Balaban J connectivity index is 1.46. The monoisotopic (exact) mass is 548 g/mol. The summed E-state index contributed by atoms with van der Waals surface area (Å²) in [4.78, 5) is 26.7. The molecular weight excluding hydrogens is 508 g/mol. The van der Waals surface area contributed by atoms with E-state index in [4.69, 9.17) is 13.7 Å². The number of ketones is 1. The van der Waals surface area contributed by atoms with Gasteiger partial charge in [0.1, 0.15) is 11.9 Å². The lowest BCUT2D eigenvalue weighted by Gasteiger charge is -2.62. The van der Waals surface area contributed by atoms with E-state index < -0.39 is 45.7 Å². The van der Waals surface area contributed by atoms with Crippen molar-refractivity contribution in [3.8, 4) is 0 Å². The number of aliphatic hydroxyl groups is 1. The fourth-order valence-corrected chi connectivity index (χ4v) is 9.00. The fraction of sp³-hybridized carbons (Fsp3) is 0.724. The summed E-state index contributed by atoms with van der Waals surface area (Å²) in [5.74, 6) is -1.00. The van der Waals surface area contributed by atoms with Crippen molar-refractivity contribution < 1.29 is 36.8 Å². The van der Waals surface area contributed by atoms with E-state index in [0.717, 1.165) is 24.8 Å². The number of aliphatic hydroxyl groups excluding tert-OH is 1. The number of benzene rings is 1. The van der Waals surface area contributed by atoms with Crippen molar-refractivity contribution in [2.24, 2.45) is 34.0 Å². The number of hydrogen-bond acceptors (Lipinski definition) is 8. The Morgan fingerprint density at radius 2 is 1.82 bits per heavy atom. The molecule has 1 aliphatic heterocycles. The molecule has 9 atom stereocenters. The number of aryl methyl sites for hydroxylation is 1. The maximum atomic E-state index is 13.5. The Labute approximate surface area is 225 Å². The molecule has 0 radical (unpaired) electrons. The molecule has 38 heavy (non-hydrogen) atoms. The zero-order valence-corrected chi connectivity index (χ0v) is 23.8. The molecule has 210 valence electrons. The Morgan fingerprint density at radius 1 is 1.16 bits per heavy atom. The number of ether oxygens (including phenoxy) is 2. The first-order chi connectivity index (χ1) is 17.8. The van der Waals surface area contributed by atoms with Gasteiger partial charge in [0.15, 0.2) is 6.61 Å². The largest absolute Gasteiger partial charge is 0.460 e. The van der Waals surface area contributed by atoms with Crippen molar-refractivity contribution in [2.75, 3.05) is 13.2 Å². The molecule has 0 amide bonds. The lowest BCUT2D eigenvalue weighted by Crippen LogP contribution is -2.64. The first-order valence-corrected chi connectivity index (χ1v) is 15.1. The first kappa shape index (κ1) is 27.7. The van der Waals surface area contributed by atoms with Gasteiger partial charge in [0, 0.05) is 23.2 Å². The van der Waals surface area contributed by atoms with E-state index in [1.807, 2.05) is 13.8 Å². The van der Waals surface area contributed by atoms with Crippen LogP contribution in [0.25, 0.3) is 0 Å². The Kier molecular flexibility index (Phi) is 6.86. The zero-order valence-electron chi connectivity index (χ0n) is 22.9.